The summed E-state index contributed by atoms with van der Waals surface area (Å²) in [5, 5.41) is 17.8. The van der Waals surface area contributed by atoms with E-state index in [2.05, 4.69) is 0 Å². The lowest BCUT2D eigenvalue weighted by Crippen LogP contribution is -2.04. The Labute approximate surface area is 70.6 Å². The van der Waals surface area contributed by atoms with Gasteiger partial charge in [-0.25, -0.2) is 0 Å². The van der Waals surface area contributed by atoms with Crippen LogP contribution in [0.4, 0.5) is 0 Å². The van der Waals surface area contributed by atoms with E-state index in [1.54, 1.807) is 0 Å². The van der Waals surface area contributed by atoms with Crippen LogP contribution in [-0.4, -0.2) is 10.9 Å². The van der Waals surface area contributed by atoms with Crippen LogP contribution in [0.1, 0.15) is 19.8 Å². The van der Waals surface area contributed by atoms with Gasteiger partial charge in [-0.15, -0.1) is 0 Å². The van der Waals surface area contributed by atoms with Gasteiger partial charge in [0, 0.05) is 12.0 Å². The Morgan fingerprint density at radius 2 is 2.33 bits per heavy atom. The number of hydrogen-bond acceptors (Lipinski definition) is 3. The third-order valence-electron chi connectivity index (χ3n) is 1.78. The van der Waals surface area contributed by atoms with Crippen molar-refractivity contribution >= 4 is 5.78 Å². The van der Waals surface area contributed by atoms with Crippen LogP contribution in [0.2, 0.25) is 0 Å². The topological polar surface area (TPSA) is 61.1 Å². The third-order valence-corrected chi connectivity index (χ3v) is 1.78. The van der Waals surface area contributed by atoms with Gasteiger partial charge in [0.15, 0.2) is 5.78 Å². The molecule has 0 aromatic carbocycles. The molecule has 0 heterocycles. The Kier molecular flexibility index (Phi) is 2.29. The highest BCUT2D eigenvalue weighted by Gasteiger charge is 2.15. The lowest BCUT2D eigenvalue weighted by Gasteiger charge is -2.09. The van der Waals surface area contributed by atoms with Gasteiger partial charge in [-0.2, -0.15) is 5.26 Å². The lowest BCUT2D eigenvalue weighted by molar-refractivity contribution is -0.113. The van der Waals surface area contributed by atoms with Crippen molar-refractivity contribution in [1.82, 2.24) is 0 Å². The highest BCUT2D eigenvalue weighted by Crippen LogP contribution is 2.21. The smallest absolute Gasteiger partial charge is 0.163 e. The Bertz CT molecular complexity index is 318. The molecule has 0 spiro atoms. The van der Waals surface area contributed by atoms with Crippen molar-refractivity contribution in [2.75, 3.05) is 0 Å². The van der Waals surface area contributed by atoms with E-state index in [1.165, 1.54) is 13.0 Å². The fraction of sp³-hybridized carbons (Fsp3) is 0.333. The van der Waals surface area contributed by atoms with Gasteiger partial charge in [0.05, 0.1) is 11.6 Å². The lowest BCUT2D eigenvalue weighted by atomic mass is 9.96. The number of Topliss-reactive ketones (excluding diaryl/α,β-unsaturated/α-hetero) is 1. The molecule has 1 aliphatic rings. The summed E-state index contributed by atoms with van der Waals surface area (Å²) in [7, 11) is 0. The normalized spacial score (nSPS) is 16.8. The minimum Gasteiger partial charge on any atom is -0.512 e. The van der Waals surface area contributed by atoms with Gasteiger partial charge in [0.2, 0.25) is 0 Å². The van der Waals surface area contributed by atoms with Gasteiger partial charge in [-0.1, -0.05) is 0 Å². The number of aliphatic hydroxyl groups is 1. The Morgan fingerprint density at radius 1 is 1.67 bits per heavy atom. The highest BCUT2D eigenvalue weighted by atomic mass is 16.3. The number of carbonyl (C=O) groups is 1. The molecule has 0 radical (unpaired) electrons. The number of hydrogen-bond donors (Lipinski definition) is 1. The number of aliphatic hydroxyl groups excluding tert-OH is 1. The minimum atomic E-state index is -0.194. The van der Waals surface area contributed by atoms with E-state index >= 15 is 0 Å². The molecule has 0 aliphatic heterocycles. The van der Waals surface area contributed by atoms with E-state index in [9.17, 15) is 9.90 Å². The first-order chi connectivity index (χ1) is 5.65. The first kappa shape index (κ1) is 8.54. The first-order valence-corrected chi connectivity index (χ1v) is 3.69. The summed E-state index contributed by atoms with van der Waals surface area (Å²) >= 11 is 0. The summed E-state index contributed by atoms with van der Waals surface area (Å²) in [5.74, 6) is -0.0959. The molecule has 1 rings (SSSR count). The van der Waals surface area contributed by atoms with Crippen LogP contribution in [0.25, 0.3) is 0 Å². The van der Waals surface area contributed by atoms with E-state index in [0.717, 1.165) is 0 Å². The molecular weight excluding hydrogens is 154 g/mol. The molecule has 1 N–H and O–H groups in total. The molecule has 3 nitrogen and oxygen atoms in total. The number of ketones is 1. The molecule has 0 unspecified atom stereocenters. The molecule has 0 fully saturated rings. The van der Waals surface area contributed by atoms with Gasteiger partial charge in [-0.05, 0) is 19.4 Å². The van der Waals surface area contributed by atoms with Gasteiger partial charge >= 0.3 is 0 Å². The highest BCUT2D eigenvalue weighted by molar-refractivity contribution is 5.97. The van der Waals surface area contributed by atoms with E-state index in [4.69, 9.17) is 5.26 Å². The SMILES string of the molecule is CC(=O)C1=C(O)CCC(C#N)=C1. The van der Waals surface area contributed by atoms with Crippen molar-refractivity contribution in [1.29, 1.82) is 5.26 Å². The zero-order valence-corrected chi connectivity index (χ0v) is 6.79. The van der Waals surface area contributed by atoms with Crippen molar-refractivity contribution in [2.45, 2.75) is 19.8 Å². The number of allylic oxidation sites excluding steroid dienone is 4. The predicted molar refractivity (Wildman–Crippen MR) is 43.3 cm³/mol. The molecule has 62 valence electrons. The van der Waals surface area contributed by atoms with Gasteiger partial charge in [-0.3, -0.25) is 4.79 Å². The quantitative estimate of drug-likeness (QED) is 0.639. The zero-order valence-electron chi connectivity index (χ0n) is 6.79. The summed E-state index contributed by atoms with van der Waals surface area (Å²) in [6.07, 6.45) is 2.38. The minimum absolute atomic E-state index is 0.0986. The summed E-state index contributed by atoms with van der Waals surface area (Å²) in [4.78, 5) is 10.9. The second kappa shape index (κ2) is 3.22. The third kappa shape index (κ3) is 1.54. The second-order valence-electron chi connectivity index (χ2n) is 2.70. The molecule has 12 heavy (non-hydrogen) atoms. The van der Waals surface area contributed by atoms with E-state index in [-0.39, 0.29) is 17.1 Å². The monoisotopic (exact) mass is 163 g/mol. The summed E-state index contributed by atoms with van der Waals surface area (Å²) < 4.78 is 0. The number of nitriles is 1. The molecule has 3 heteroatoms. The van der Waals surface area contributed by atoms with E-state index < -0.39 is 0 Å². The molecule has 0 saturated carbocycles. The largest absolute Gasteiger partial charge is 0.512 e. The van der Waals surface area contributed by atoms with E-state index in [0.29, 0.717) is 18.4 Å². The molecule has 0 atom stereocenters. The second-order valence-corrected chi connectivity index (χ2v) is 2.70. The predicted octanol–water partition coefficient (Wildman–Crippen LogP) is 1.63. The fourth-order valence-corrected chi connectivity index (χ4v) is 1.11. The molecule has 0 saturated heterocycles. The van der Waals surface area contributed by atoms with Crippen LogP contribution < -0.4 is 0 Å². The average molecular weight is 163 g/mol. The Hall–Kier alpha value is -1.56. The van der Waals surface area contributed by atoms with Crippen molar-refractivity contribution in [3.63, 3.8) is 0 Å². The summed E-state index contributed by atoms with van der Waals surface area (Å²) in [6, 6.07) is 1.97. The van der Waals surface area contributed by atoms with Crippen molar-refractivity contribution in [3.05, 3.63) is 23.0 Å². The van der Waals surface area contributed by atoms with Gasteiger partial charge in [0.25, 0.3) is 0 Å². The molecule has 0 aromatic heterocycles. The molecule has 1 aliphatic carbocycles. The van der Waals surface area contributed by atoms with Crippen molar-refractivity contribution in [3.8, 4) is 6.07 Å². The zero-order chi connectivity index (χ0) is 9.14. The number of rotatable bonds is 1. The number of nitrogens with zero attached hydrogens (tertiary/aromatic N) is 1. The van der Waals surface area contributed by atoms with Crippen LogP contribution in [-0.2, 0) is 4.79 Å². The van der Waals surface area contributed by atoms with Crippen molar-refractivity contribution < 1.29 is 9.90 Å². The molecule has 0 bridgehead atoms. The maximum atomic E-state index is 10.9. The van der Waals surface area contributed by atoms with E-state index in [1.807, 2.05) is 6.07 Å². The fourth-order valence-electron chi connectivity index (χ4n) is 1.11. The van der Waals surface area contributed by atoms with Gasteiger partial charge in [0.1, 0.15) is 5.76 Å². The van der Waals surface area contributed by atoms with Crippen LogP contribution in [0.3, 0.4) is 0 Å². The first-order valence-electron chi connectivity index (χ1n) is 3.69. The Balaban J connectivity index is 3.04. The van der Waals surface area contributed by atoms with Crippen LogP contribution in [0, 0.1) is 11.3 Å². The average Bonchev–Trinajstić information content (AvgIpc) is 2.05. The Morgan fingerprint density at radius 3 is 2.83 bits per heavy atom. The van der Waals surface area contributed by atoms with Gasteiger partial charge < -0.3 is 5.11 Å². The standard InChI is InChI=1S/C9H9NO2/c1-6(11)8-4-7(5-10)2-3-9(8)12/h4,12H,2-3H2,1H3. The number of carbonyl (C=O) groups excluding carboxylic acids is 1. The maximum Gasteiger partial charge on any atom is 0.163 e. The maximum absolute atomic E-state index is 10.9. The molecule has 0 aromatic rings. The molecule has 0 amide bonds. The summed E-state index contributed by atoms with van der Waals surface area (Å²) in [5.41, 5.74) is 0.829. The van der Waals surface area contributed by atoms with Crippen LogP contribution >= 0.6 is 0 Å². The molecular formula is C9H9NO2. The van der Waals surface area contributed by atoms with Crippen molar-refractivity contribution in [2.24, 2.45) is 0 Å². The van der Waals surface area contributed by atoms with Crippen LogP contribution in [0.15, 0.2) is 23.0 Å². The van der Waals surface area contributed by atoms with Crippen LogP contribution in [0.5, 0.6) is 0 Å². The summed E-state index contributed by atoms with van der Waals surface area (Å²) in [6.45, 7) is 1.38.